The third-order valence-electron chi connectivity index (χ3n) is 7.33. The molecule has 0 amide bonds. The molecular formula is C36H76O10. The number of unbranched alkanes of at least 4 members (excludes halogenated alkanes) is 22. The van der Waals surface area contributed by atoms with E-state index in [0.717, 1.165) is 25.7 Å². The fourth-order valence-corrected chi connectivity index (χ4v) is 4.35. The van der Waals surface area contributed by atoms with Crippen molar-refractivity contribution in [1.82, 2.24) is 0 Å². The van der Waals surface area contributed by atoms with E-state index in [-0.39, 0.29) is 26.4 Å². The minimum absolute atomic E-state index is 0.343. The monoisotopic (exact) mass is 669 g/mol. The van der Waals surface area contributed by atoms with E-state index in [2.05, 4.69) is 13.8 Å². The van der Waals surface area contributed by atoms with Crippen molar-refractivity contribution in [1.29, 1.82) is 0 Å². The minimum atomic E-state index is -0.954. The zero-order valence-electron chi connectivity index (χ0n) is 29.8. The van der Waals surface area contributed by atoms with Crippen LogP contribution >= 0.6 is 0 Å². The summed E-state index contributed by atoms with van der Waals surface area (Å²) in [5.74, 6) is -1.31. The Morgan fingerprint density at radius 1 is 0.370 bits per heavy atom. The second-order valence-electron chi connectivity index (χ2n) is 12.1. The number of aliphatic carboxylic acids is 2. The van der Waals surface area contributed by atoms with Crippen molar-refractivity contribution in [2.75, 3.05) is 26.4 Å². The third-order valence-corrected chi connectivity index (χ3v) is 7.33. The van der Waals surface area contributed by atoms with Crippen LogP contribution in [0.4, 0.5) is 0 Å². The van der Waals surface area contributed by atoms with Crippen molar-refractivity contribution in [3.63, 3.8) is 0 Å². The highest BCUT2D eigenvalue weighted by Gasteiger charge is 1.98. The molecule has 0 aliphatic rings. The molecule has 0 aromatic heterocycles. The molecule has 0 saturated heterocycles. The van der Waals surface area contributed by atoms with E-state index in [9.17, 15) is 9.59 Å². The van der Waals surface area contributed by atoms with Crippen LogP contribution in [0, 0.1) is 0 Å². The molecule has 0 aliphatic carbocycles. The van der Waals surface area contributed by atoms with Crippen LogP contribution in [0.25, 0.3) is 0 Å². The fraction of sp³-hybridized carbons (Fsp3) is 0.944. The number of carboxylic acid groups (broad SMARTS) is 2. The zero-order chi connectivity index (χ0) is 35.5. The highest BCUT2D eigenvalue weighted by atomic mass is 16.4. The molecule has 0 spiro atoms. The number of hydrogen-bond acceptors (Lipinski definition) is 8. The smallest absolute Gasteiger partial charge is 0.303 e. The van der Waals surface area contributed by atoms with E-state index in [1.165, 1.54) is 128 Å². The van der Waals surface area contributed by atoms with Gasteiger partial charge in [0, 0.05) is 12.8 Å². The quantitative estimate of drug-likeness (QED) is 0.0370. The van der Waals surface area contributed by atoms with Gasteiger partial charge in [-0.25, -0.2) is 0 Å². The predicted molar refractivity (Wildman–Crippen MR) is 187 cm³/mol. The first-order valence-electron chi connectivity index (χ1n) is 18.4. The van der Waals surface area contributed by atoms with Crippen LogP contribution in [0.5, 0.6) is 0 Å². The summed E-state index contributed by atoms with van der Waals surface area (Å²) >= 11 is 0. The molecule has 0 atom stereocenters. The van der Waals surface area contributed by atoms with Crippen LogP contribution in [-0.4, -0.2) is 91.4 Å². The summed E-state index contributed by atoms with van der Waals surface area (Å²) in [6.45, 7) is 3.04. The molecule has 0 fully saturated rings. The van der Waals surface area contributed by atoms with Crippen molar-refractivity contribution >= 4 is 11.9 Å². The highest BCUT2D eigenvalue weighted by molar-refractivity contribution is 5.66. The molecular weight excluding hydrogens is 592 g/mol. The molecule has 0 rings (SSSR count). The first-order chi connectivity index (χ1) is 22.2. The largest absolute Gasteiger partial charge is 0.481 e. The van der Waals surface area contributed by atoms with Gasteiger partial charge in [0.05, 0.1) is 26.4 Å². The van der Waals surface area contributed by atoms with E-state index in [1.54, 1.807) is 0 Å². The van der Waals surface area contributed by atoms with Crippen molar-refractivity contribution < 1.29 is 50.4 Å². The summed E-state index contributed by atoms with van der Waals surface area (Å²) in [7, 11) is 0. The van der Waals surface area contributed by atoms with Gasteiger partial charge in [-0.1, -0.05) is 155 Å². The maximum absolute atomic E-state index is 10.3. The SMILES string of the molecule is CCCCCCCCCCCC(=O)O.CCCCCCCCCCCCCCCCCC(=O)O.OCC(O)CO.OCC(O)CO. The lowest BCUT2D eigenvalue weighted by Gasteiger charge is -2.03. The molecule has 10 nitrogen and oxygen atoms in total. The number of carbonyl (C=O) groups is 2. The van der Waals surface area contributed by atoms with Gasteiger partial charge in [0.2, 0.25) is 0 Å². The highest BCUT2D eigenvalue weighted by Crippen LogP contribution is 2.14. The Labute approximate surface area is 281 Å². The van der Waals surface area contributed by atoms with Crippen LogP contribution < -0.4 is 0 Å². The molecule has 0 aliphatic heterocycles. The molecule has 8 N–H and O–H groups in total. The maximum atomic E-state index is 10.3. The van der Waals surface area contributed by atoms with Gasteiger partial charge in [0.1, 0.15) is 12.2 Å². The number of aliphatic hydroxyl groups excluding tert-OH is 6. The summed E-state index contributed by atoms with van der Waals surface area (Å²) in [6.07, 6.45) is 29.8. The van der Waals surface area contributed by atoms with E-state index >= 15 is 0 Å². The molecule has 0 heterocycles. The lowest BCUT2D eigenvalue weighted by molar-refractivity contribution is -0.138. The first-order valence-corrected chi connectivity index (χ1v) is 18.4. The normalized spacial score (nSPS) is 10.5. The molecule has 0 aromatic carbocycles. The minimum Gasteiger partial charge on any atom is -0.481 e. The van der Waals surface area contributed by atoms with Gasteiger partial charge in [-0.3, -0.25) is 9.59 Å². The van der Waals surface area contributed by atoms with Crippen molar-refractivity contribution in [3.8, 4) is 0 Å². The Kier molecular flexibility index (Phi) is 53.9. The molecule has 10 heteroatoms. The Hall–Kier alpha value is -1.30. The van der Waals surface area contributed by atoms with Crippen LogP contribution in [0.2, 0.25) is 0 Å². The maximum Gasteiger partial charge on any atom is 0.303 e. The van der Waals surface area contributed by atoms with Crippen molar-refractivity contribution in [2.24, 2.45) is 0 Å². The molecule has 0 aromatic rings. The van der Waals surface area contributed by atoms with Gasteiger partial charge in [0.25, 0.3) is 0 Å². The second kappa shape index (κ2) is 48.1. The van der Waals surface area contributed by atoms with Gasteiger partial charge in [0.15, 0.2) is 0 Å². The summed E-state index contributed by atoms with van der Waals surface area (Å²) < 4.78 is 0. The summed E-state index contributed by atoms with van der Waals surface area (Å²) in [6, 6.07) is 0. The zero-order valence-corrected chi connectivity index (χ0v) is 29.8. The molecule has 280 valence electrons. The first kappa shape index (κ1) is 51.5. The average molecular weight is 669 g/mol. The van der Waals surface area contributed by atoms with Gasteiger partial charge >= 0.3 is 11.9 Å². The lowest BCUT2D eigenvalue weighted by Crippen LogP contribution is -2.15. The number of carboxylic acids is 2. The van der Waals surface area contributed by atoms with Gasteiger partial charge in [-0.2, -0.15) is 0 Å². The standard InChI is InChI=1S/C18H36O2.C12H24O2.2C3H8O3/c1-2-3-4-5-6-7-8-9-10-11-12-13-14-15-16-17-18(19)20;1-2-3-4-5-6-7-8-9-10-11-12(13)14;2*4-1-3(6)2-5/h2-17H2,1H3,(H,19,20);2-11H2,1H3,(H,13,14);2*3-6H,1-2H2. The lowest BCUT2D eigenvalue weighted by atomic mass is 10.0. The second-order valence-corrected chi connectivity index (χ2v) is 12.1. The van der Waals surface area contributed by atoms with Crippen molar-refractivity contribution in [3.05, 3.63) is 0 Å². The van der Waals surface area contributed by atoms with E-state index in [4.69, 9.17) is 40.9 Å². The molecule has 0 radical (unpaired) electrons. The van der Waals surface area contributed by atoms with Gasteiger partial charge < -0.3 is 40.9 Å². The Morgan fingerprint density at radius 2 is 0.543 bits per heavy atom. The van der Waals surface area contributed by atoms with E-state index in [0.29, 0.717) is 12.8 Å². The summed E-state index contributed by atoms with van der Waals surface area (Å²) in [4.78, 5) is 20.5. The van der Waals surface area contributed by atoms with E-state index < -0.39 is 24.1 Å². The Balaban J connectivity index is -0.000000291. The number of aliphatic hydroxyl groups is 6. The number of rotatable bonds is 30. The van der Waals surface area contributed by atoms with Gasteiger partial charge in [-0.05, 0) is 12.8 Å². The summed E-state index contributed by atoms with van der Waals surface area (Å²) in [5.41, 5.74) is 0. The van der Waals surface area contributed by atoms with Crippen LogP contribution in [0.1, 0.15) is 181 Å². The topological polar surface area (TPSA) is 196 Å². The Morgan fingerprint density at radius 3 is 0.674 bits per heavy atom. The van der Waals surface area contributed by atoms with E-state index in [1.807, 2.05) is 0 Å². The third kappa shape index (κ3) is 61.7. The average Bonchev–Trinajstić information content (AvgIpc) is 3.05. The van der Waals surface area contributed by atoms with Crippen molar-refractivity contribution in [2.45, 2.75) is 193 Å². The molecule has 0 saturated carbocycles. The van der Waals surface area contributed by atoms with Gasteiger partial charge in [-0.15, -0.1) is 0 Å². The molecule has 0 unspecified atom stereocenters. The van der Waals surface area contributed by atoms with Crippen LogP contribution in [0.3, 0.4) is 0 Å². The predicted octanol–water partition coefficient (Wildman–Crippen LogP) is 6.99. The Bertz CT molecular complexity index is 545. The molecule has 46 heavy (non-hydrogen) atoms. The fourth-order valence-electron chi connectivity index (χ4n) is 4.35. The number of hydrogen-bond donors (Lipinski definition) is 8. The molecule has 0 bridgehead atoms. The summed E-state index contributed by atoms with van der Waals surface area (Å²) in [5, 5.41) is 65.0. The van der Waals surface area contributed by atoms with Crippen LogP contribution in [0.15, 0.2) is 0 Å². The van der Waals surface area contributed by atoms with Crippen LogP contribution in [-0.2, 0) is 9.59 Å².